The molecule has 106 valence electrons. The zero-order valence-electron chi connectivity index (χ0n) is 12.4. The fourth-order valence-electron chi connectivity index (χ4n) is 3.16. The topological polar surface area (TPSA) is 15.3 Å². The van der Waals surface area contributed by atoms with E-state index < -0.39 is 0 Å². The third-order valence-electron chi connectivity index (χ3n) is 4.32. The molecular formula is C17H28N2. The molecule has 1 aromatic carbocycles. The molecule has 1 saturated heterocycles. The molecule has 0 aromatic heterocycles. The van der Waals surface area contributed by atoms with Crippen molar-refractivity contribution in [3.05, 3.63) is 35.9 Å². The van der Waals surface area contributed by atoms with Gasteiger partial charge in [-0.25, -0.2) is 0 Å². The van der Waals surface area contributed by atoms with E-state index in [1.54, 1.807) is 0 Å². The first kappa shape index (κ1) is 14.5. The van der Waals surface area contributed by atoms with Gasteiger partial charge in [-0.1, -0.05) is 44.2 Å². The van der Waals surface area contributed by atoms with E-state index in [1.807, 2.05) is 0 Å². The Morgan fingerprint density at radius 3 is 2.68 bits per heavy atom. The normalized spacial score (nSPS) is 23.6. The third kappa shape index (κ3) is 4.05. The minimum atomic E-state index is 0.594. The van der Waals surface area contributed by atoms with Crippen LogP contribution in [0, 0.1) is 0 Å². The van der Waals surface area contributed by atoms with Crippen LogP contribution < -0.4 is 5.32 Å². The van der Waals surface area contributed by atoms with Crippen LogP contribution in [0.25, 0.3) is 0 Å². The van der Waals surface area contributed by atoms with Crippen LogP contribution in [0.4, 0.5) is 0 Å². The van der Waals surface area contributed by atoms with Crippen LogP contribution in [0.2, 0.25) is 0 Å². The summed E-state index contributed by atoms with van der Waals surface area (Å²) < 4.78 is 0. The summed E-state index contributed by atoms with van der Waals surface area (Å²) in [6.07, 6.45) is 4.99. The molecule has 0 radical (unpaired) electrons. The van der Waals surface area contributed by atoms with Crippen molar-refractivity contribution in [3.63, 3.8) is 0 Å². The molecule has 1 aliphatic rings. The molecule has 0 bridgehead atoms. The maximum absolute atomic E-state index is 3.66. The summed E-state index contributed by atoms with van der Waals surface area (Å²) in [4.78, 5) is 2.69. The van der Waals surface area contributed by atoms with Crippen molar-refractivity contribution in [2.45, 2.75) is 51.6 Å². The molecule has 1 fully saturated rings. The Morgan fingerprint density at radius 2 is 2.00 bits per heavy atom. The highest BCUT2D eigenvalue weighted by Gasteiger charge is 2.21. The number of nitrogens with one attached hydrogen (secondary N) is 1. The second-order valence-corrected chi connectivity index (χ2v) is 5.57. The molecule has 2 nitrogen and oxygen atoms in total. The average molecular weight is 260 g/mol. The summed E-state index contributed by atoms with van der Waals surface area (Å²) in [5, 5.41) is 3.66. The Bertz CT molecular complexity index is 350. The van der Waals surface area contributed by atoms with Crippen LogP contribution in [0.3, 0.4) is 0 Å². The van der Waals surface area contributed by atoms with Crippen LogP contribution in [0.15, 0.2) is 30.3 Å². The predicted molar refractivity (Wildman–Crippen MR) is 82.4 cm³/mol. The SMILES string of the molecule is CCC1CCN(C(CC)c2ccccc2)CCCN1. The largest absolute Gasteiger partial charge is 0.314 e. The lowest BCUT2D eigenvalue weighted by molar-refractivity contribution is 0.166. The van der Waals surface area contributed by atoms with Gasteiger partial charge in [0.2, 0.25) is 0 Å². The molecule has 1 aliphatic heterocycles. The highest BCUT2D eigenvalue weighted by molar-refractivity contribution is 5.19. The van der Waals surface area contributed by atoms with Crippen molar-refractivity contribution in [2.75, 3.05) is 19.6 Å². The van der Waals surface area contributed by atoms with Gasteiger partial charge in [0.15, 0.2) is 0 Å². The minimum absolute atomic E-state index is 0.594. The first-order valence-corrected chi connectivity index (χ1v) is 7.87. The van der Waals surface area contributed by atoms with Crippen LogP contribution in [-0.2, 0) is 0 Å². The maximum Gasteiger partial charge on any atom is 0.0345 e. The number of rotatable bonds is 4. The van der Waals surface area contributed by atoms with Gasteiger partial charge >= 0.3 is 0 Å². The van der Waals surface area contributed by atoms with Crippen molar-refractivity contribution in [3.8, 4) is 0 Å². The number of hydrogen-bond donors (Lipinski definition) is 1. The molecule has 2 unspecified atom stereocenters. The molecule has 2 atom stereocenters. The summed E-state index contributed by atoms with van der Waals surface area (Å²) in [6.45, 7) is 8.21. The van der Waals surface area contributed by atoms with E-state index in [-0.39, 0.29) is 0 Å². The van der Waals surface area contributed by atoms with Gasteiger partial charge in [-0.3, -0.25) is 4.90 Å². The van der Waals surface area contributed by atoms with Gasteiger partial charge in [0, 0.05) is 18.6 Å². The van der Waals surface area contributed by atoms with E-state index in [4.69, 9.17) is 0 Å². The zero-order chi connectivity index (χ0) is 13.5. The first-order chi connectivity index (χ1) is 9.35. The van der Waals surface area contributed by atoms with E-state index >= 15 is 0 Å². The number of benzene rings is 1. The molecule has 1 aromatic rings. The lowest BCUT2D eigenvalue weighted by Crippen LogP contribution is -2.41. The lowest BCUT2D eigenvalue weighted by atomic mass is 10.0. The Hall–Kier alpha value is -0.860. The van der Waals surface area contributed by atoms with Gasteiger partial charge in [0.25, 0.3) is 0 Å². The van der Waals surface area contributed by atoms with Crippen molar-refractivity contribution in [1.29, 1.82) is 0 Å². The fraction of sp³-hybridized carbons (Fsp3) is 0.647. The van der Waals surface area contributed by atoms with Gasteiger partial charge < -0.3 is 5.32 Å². The van der Waals surface area contributed by atoms with Crippen molar-refractivity contribution in [2.24, 2.45) is 0 Å². The summed E-state index contributed by atoms with van der Waals surface area (Å²) in [5.74, 6) is 0. The molecule has 2 heteroatoms. The lowest BCUT2D eigenvalue weighted by Gasteiger charge is -2.35. The molecule has 0 amide bonds. The van der Waals surface area contributed by atoms with E-state index in [0.717, 1.165) is 0 Å². The monoisotopic (exact) mass is 260 g/mol. The van der Waals surface area contributed by atoms with Gasteiger partial charge in [-0.05, 0) is 44.3 Å². The van der Waals surface area contributed by atoms with Gasteiger partial charge in [0.05, 0.1) is 0 Å². The summed E-state index contributed by atoms with van der Waals surface area (Å²) in [5.41, 5.74) is 1.48. The van der Waals surface area contributed by atoms with Gasteiger partial charge in [-0.2, -0.15) is 0 Å². The second-order valence-electron chi connectivity index (χ2n) is 5.57. The first-order valence-electron chi connectivity index (χ1n) is 7.87. The standard InChI is InChI=1S/C17H28N2/c1-3-16-11-14-19(13-8-12-18-16)17(4-2)15-9-6-5-7-10-15/h5-7,9-10,16-18H,3-4,8,11-14H2,1-2H3. The highest BCUT2D eigenvalue weighted by atomic mass is 15.2. The van der Waals surface area contributed by atoms with Crippen LogP contribution in [0.5, 0.6) is 0 Å². The molecule has 2 rings (SSSR count). The average Bonchev–Trinajstić information content (AvgIpc) is 2.43. The molecule has 0 saturated carbocycles. The second kappa shape index (κ2) is 7.66. The van der Waals surface area contributed by atoms with Crippen LogP contribution >= 0.6 is 0 Å². The summed E-state index contributed by atoms with van der Waals surface area (Å²) in [6, 6.07) is 12.3. The van der Waals surface area contributed by atoms with E-state index in [9.17, 15) is 0 Å². The molecule has 1 N–H and O–H groups in total. The molecule has 1 heterocycles. The van der Waals surface area contributed by atoms with Gasteiger partial charge in [-0.15, -0.1) is 0 Å². The Kier molecular flexibility index (Phi) is 5.87. The quantitative estimate of drug-likeness (QED) is 0.890. The molecule has 0 spiro atoms. The van der Waals surface area contributed by atoms with E-state index in [1.165, 1.54) is 50.9 Å². The fourth-order valence-corrected chi connectivity index (χ4v) is 3.16. The van der Waals surface area contributed by atoms with Crippen molar-refractivity contribution < 1.29 is 0 Å². The number of hydrogen-bond acceptors (Lipinski definition) is 2. The molecule has 19 heavy (non-hydrogen) atoms. The third-order valence-corrected chi connectivity index (χ3v) is 4.32. The Labute approximate surface area is 118 Å². The van der Waals surface area contributed by atoms with Gasteiger partial charge in [0.1, 0.15) is 0 Å². The van der Waals surface area contributed by atoms with Crippen molar-refractivity contribution in [1.82, 2.24) is 10.2 Å². The van der Waals surface area contributed by atoms with E-state index in [0.29, 0.717) is 12.1 Å². The van der Waals surface area contributed by atoms with E-state index in [2.05, 4.69) is 54.4 Å². The van der Waals surface area contributed by atoms with Crippen LogP contribution in [0.1, 0.15) is 51.1 Å². The smallest absolute Gasteiger partial charge is 0.0345 e. The molecular weight excluding hydrogens is 232 g/mol. The Morgan fingerprint density at radius 1 is 1.21 bits per heavy atom. The summed E-state index contributed by atoms with van der Waals surface area (Å²) in [7, 11) is 0. The zero-order valence-corrected chi connectivity index (χ0v) is 12.4. The molecule has 0 aliphatic carbocycles. The number of nitrogens with zero attached hydrogens (tertiary/aromatic N) is 1. The van der Waals surface area contributed by atoms with Crippen molar-refractivity contribution >= 4 is 0 Å². The Balaban J connectivity index is 2.04. The summed E-state index contributed by atoms with van der Waals surface area (Å²) >= 11 is 0. The maximum atomic E-state index is 3.66. The minimum Gasteiger partial charge on any atom is -0.314 e. The predicted octanol–water partition coefficient (Wildman–Crippen LogP) is 3.60. The highest BCUT2D eigenvalue weighted by Crippen LogP contribution is 2.25. The van der Waals surface area contributed by atoms with Crippen LogP contribution in [-0.4, -0.2) is 30.6 Å².